The Bertz CT molecular complexity index is 845. The number of aromatic nitrogens is 1. The molecule has 26 heavy (non-hydrogen) atoms. The first-order valence-corrected chi connectivity index (χ1v) is 8.79. The molecule has 1 aromatic heterocycles. The van der Waals surface area contributed by atoms with Crippen molar-refractivity contribution in [1.82, 2.24) is 4.98 Å². The van der Waals surface area contributed by atoms with E-state index in [0.29, 0.717) is 12.1 Å². The van der Waals surface area contributed by atoms with Gasteiger partial charge in [0.05, 0.1) is 11.9 Å². The summed E-state index contributed by atoms with van der Waals surface area (Å²) in [4.78, 5) is 16.4. The molecule has 2 aromatic carbocycles. The number of aryl methyl sites for hydroxylation is 2. The number of anilines is 2. The number of carbonyl (C=O) groups is 1. The van der Waals surface area contributed by atoms with E-state index in [1.165, 1.54) is 11.1 Å². The highest BCUT2D eigenvalue weighted by Gasteiger charge is 2.04. The first-order chi connectivity index (χ1) is 12.7. The van der Waals surface area contributed by atoms with Crippen molar-refractivity contribution in [3.8, 4) is 0 Å². The van der Waals surface area contributed by atoms with E-state index in [0.717, 1.165) is 24.3 Å². The highest BCUT2D eigenvalue weighted by Crippen LogP contribution is 2.13. The van der Waals surface area contributed by atoms with Crippen LogP contribution in [0.5, 0.6) is 0 Å². The fourth-order valence-corrected chi connectivity index (χ4v) is 2.69. The van der Waals surface area contributed by atoms with E-state index in [2.05, 4.69) is 34.7 Å². The van der Waals surface area contributed by atoms with Gasteiger partial charge in [0.2, 0.25) is 5.91 Å². The van der Waals surface area contributed by atoms with Crippen LogP contribution in [0.2, 0.25) is 0 Å². The molecule has 0 fully saturated rings. The van der Waals surface area contributed by atoms with E-state index in [9.17, 15) is 4.79 Å². The van der Waals surface area contributed by atoms with Gasteiger partial charge in [0.1, 0.15) is 5.82 Å². The number of pyridine rings is 1. The van der Waals surface area contributed by atoms with E-state index in [4.69, 9.17) is 0 Å². The molecule has 0 atom stereocenters. The number of nitrogens with zero attached hydrogens (tertiary/aromatic N) is 1. The molecule has 4 nitrogen and oxygen atoms in total. The van der Waals surface area contributed by atoms with E-state index >= 15 is 0 Å². The van der Waals surface area contributed by atoms with Crippen molar-refractivity contribution in [2.45, 2.75) is 26.3 Å². The van der Waals surface area contributed by atoms with E-state index in [1.54, 1.807) is 6.20 Å². The van der Waals surface area contributed by atoms with Crippen LogP contribution in [-0.4, -0.2) is 10.9 Å². The zero-order valence-corrected chi connectivity index (χ0v) is 14.9. The molecule has 4 heteroatoms. The number of rotatable bonds is 7. The number of nitrogens with one attached hydrogen (secondary N) is 2. The fourth-order valence-electron chi connectivity index (χ4n) is 2.69. The highest BCUT2D eigenvalue weighted by atomic mass is 16.1. The lowest BCUT2D eigenvalue weighted by Gasteiger charge is -2.09. The Morgan fingerprint density at radius 1 is 0.962 bits per heavy atom. The number of hydrogen-bond donors (Lipinski definition) is 2. The van der Waals surface area contributed by atoms with Gasteiger partial charge in [-0.05, 0) is 42.2 Å². The van der Waals surface area contributed by atoms with Crippen molar-refractivity contribution in [3.63, 3.8) is 0 Å². The van der Waals surface area contributed by atoms with Gasteiger partial charge >= 0.3 is 0 Å². The van der Waals surface area contributed by atoms with Gasteiger partial charge in [-0.1, -0.05) is 54.6 Å². The molecule has 3 aromatic rings. The quantitative estimate of drug-likeness (QED) is 0.659. The minimum absolute atomic E-state index is 0.00345. The molecule has 1 amide bonds. The molecule has 0 aliphatic heterocycles. The number of amides is 1. The zero-order chi connectivity index (χ0) is 18.2. The number of carbonyl (C=O) groups excluding carboxylic acids is 1. The molecule has 0 spiro atoms. The van der Waals surface area contributed by atoms with Gasteiger partial charge < -0.3 is 10.6 Å². The van der Waals surface area contributed by atoms with Crippen LogP contribution in [0.4, 0.5) is 11.5 Å². The largest absolute Gasteiger partial charge is 0.366 e. The molecule has 0 bridgehead atoms. The summed E-state index contributed by atoms with van der Waals surface area (Å²) in [5.41, 5.74) is 4.37. The molecule has 0 radical (unpaired) electrons. The molecule has 1 heterocycles. The Balaban J connectivity index is 1.48. The van der Waals surface area contributed by atoms with Gasteiger partial charge in [-0.15, -0.1) is 0 Å². The minimum atomic E-state index is -0.00345. The molecule has 0 aliphatic carbocycles. The Hall–Kier alpha value is -3.14. The number of benzene rings is 2. The molecular weight excluding hydrogens is 322 g/mol. The summed E-state index contributed by atoms with van der Waals surface area (Å²) < 4.78 is 0. The lowest BCUT2D eigenvalue weighted by molar-refractivity contribution is -0.116. The molecule has 2 N–H and O–H groups in total. The van der Waals surface area contributed by atoms with Crippen LogP contribution in [0, 0.1) is 6.92 Å². The highest BCUT2D eigenvalue weighted by molar-refractivity contribution is 5.90. The van der Waals surface area contributed by atoms with Gasteiger partial charge in [-0.2, -0.15) is 0 Å². The third-order valence-corrected chi connectivity index (χ3v) is 4.25. The average Bonchev–Trinajstić information content (AvgIpc) is 2.68. The SMILES string of the molecule is Cc1ccccc1CNc1ccc(NC(=O)CCc2ccccc2)cn1. The monoisotopic (exact) mass is 345 g/mol. The van der Waals surface area contributed by atoms with Crippen LogP contribution in [0.25, 0.3) is 0 Å². The summed E-state index contributed by atoms with van der Waals surface area (Å²) in [6, 6.07) is 22.0. The first-order valence-electron chi connectivity index (χ1n) is 8.79. The Labute approximate surface area is 154 Å². The van der Waals surface area contributed by atoms with E-state index < -0.39 is 0 Å². The van der Waals surface area contributed by atoms with Crippen molar-refractivity contribution in [1.29, 1.82) is 0 Å². The van der Waals surface area contributed by atoms with Crippen LogP contribution in [0.3, 0.4) is 0 Å². The third-order valence-electron chi connectivity index (χ3n) is 4.25. The first kappa shape index (κ1) is 17.7. The molecule has 3 rings (SSSR count). The Morgan fingerprint density at radius 3 is 2.46 bits per heavy atom. The predicted molar refractivity (Wildman–Crippen MR) is 106 cm³/mol. The topological polar surface area (TPSA) is 54.0 Å². The van der Waals surface area contributed by atoms with Crippen molar-refractivity contribution < 1.29 is 4.79 Å². The van der Waals surface area contributed by atoms with Crippen LogP contribution >= 0.6 is 0 Å². The van der Waals surface area contributed by atoms with Crippen LogP contribution in [-0.2, 0) is 17.8 Å². The van der Waals surface area contributed by atoms with Gasteiger partial charge in [0.15, 0.2) is 0 Å². The maximum Gasteiger partial charge on any atom is 0.224 e. The van der Waals surface area contributed by atoms with E-state index in [1.807, 2.05) is 54.6 Å². The van der Waals surface area contributed by atoms with Crippen LogP contribution < -0.4 is 10.6 Å². The summed E-state index contributed by atoms with van der Waals surface area (Å²) in [7, 11) is 0. The second kappa shape index (κ2) is 8.81. The Morgan fingerprint density at radius 2 is 1.73 bits per heavy atom. The van der Waals surface area contributed by atoms with Crippen molar-refractivity contribution in [3.05, 3.63) is 89.6 Å². The van der Waals surface area contributed by atoms with Crippen molar-refractivity contribution in [2.75, 3.05) is 10.6 Å². The molecule has 0 saturated heterocycles. The van der Waals surface area contributed by atoms with Crippen LogP contribution in [0.15, 0.2) is 72.9 Å². The van der Waals surface area contributed by atoms with Crippen LogP contribution in [0.1, 0.15) is 23.1 Å². The third kappa shape index (κ3) is 5.18. The second-order valence-corrected chi connectivity index (χ2v) is 6.25. The summed E-state index contributed by atoms with van der Waals surface area (Å²) in [6.45, 7) is 2.82. The maximum absolute atomic E-state index is 12.1. The summed E-state index contributed by atoms with van der Waals surface area (Å²) >= 11 is 0. The number of hydrogen-bond acceptors (Lipinski definition) is 3. The average molecular weight is 345 g/mol. The van der Waals surface area contributed by atoms with E-state index in [-0.39, 0.29) is 5.91 Å². The van der Waals surface area contributed by atoms with Gasteiger partial charge in [0.25, 0.3) is 0 Å². The van der Waals surface area contributed by atoms with Gasteiger partial charge in [-0.3, -0.25) is 4.79 Å². The summed E-state index contributed by atoms with van der Waals surface area (Å²) in [5, 5.41) is 6.20. The predicted octanol–water partition coefficient (Wildman–Crippen LogP) is 4.57. The smallest absolute Gasteiger partial charge is 0.224 e. The lowest BCUT2D eigenvalue weighted by Crippen LogP contribution is -2.12. The van der Waals surface area contributed by atoms with Crippen molar-refractivity contribution in [2.24, 2.45) is 0 Å². The normalized spacial score (nSPS) is 10.3. The second-order valence-electron chi connectivity index (χ2n) is 6.25. The molecular formula is C22H23N3O. The molecule has 0 aliphatic rings. The lowest BCUT2D eigenvalue weighted by atomic mass is 10.1. The fraction of sp³-hybridized carbons (Fsp3) is 0.182. The standard InChI is InChI=1S/C22H23N3O/c1-17-7-5-6-10-19(17)15-23-21-13-12-20(16-24-21)25-22(26)14-11-18-8-3-2-4-9-18/h2-10,12-13,16H,11,14-15H2,1H3,(H,23,24)(H,25,26). The zero-order valence-electron chi connectivity index (χ0n) is 14.9. The Kier molecular flexibility index (Phi) is 5.99. The summed E-state index contributed by atoms with van der Waals surface area (Å²) in [6.07, 6.45) is 2.87. The van der Waals surface area contributed by atoms with Crippen molar-refractivity contribution >= 4 is 17.4 Å². The molecule has 0 saturated carbocycles. The maximum atomic E-state index is 12.1. The minimum Gasteiger partial charge on any atom is -0.366 e. The molecule has 132 valence electrons. The summed E-state index contributed by atoms with van der Waals surface area (Å²) in [5.74, 6) is 0.784. The van der Waals surface area contributed by atoms with Gasteiger partial charge in [0, 0.05) is 13.0 Å². The van der Waals surface area contributed by atoms with Gasteiger partial charge in [-0.25, -0.2) is 4.98 Å². The molecule has 0 unspecified atom stereocenters.